The number of hydrogen-bond acceptors (Lipinski definition) is 6. The smallest absolute Gasteiger partial charge is 0.344 e. The van der Waals surface area contributed by atoms with Crippen LogP contribution in [0.15, 0.2) is 54.9 Å². The molecule has 4 amide bonds. The summed E-state index contributed by atoms with van der Waals surface area (Å²) in [7, 11) is 0. The molecular weight excluding hydrogens is 376 g/mol. The fraction of sp³-hybridized carbons (Fsp3) is 0.250. The number of pyridine rings is 1. The van der Waals surface area contributed by atoms with Crippen molar-refractivity contribution in [2.75, 3.05) is 6.61 Å². The van der Waals surface area contributed by atoms with Crippen molar-refractivity contribution in [2.45, 2.75) is 25.3 Å². The van der Waals surface area contributed by atoms with E-state index in [-0.39, 0.29) is 5.56 Å². The number of carbonyl (C=O) groups is 4. The molecule has 1 saturated heterocycles. The van der Waals surface area contributed by atoms with Crippen molar-refractivity contribution in [3.8, 4) is 0 Å². The van der Waals surface area contributed by atoms with E-state index in [1.54, 1.807) is 6.92 Å². The molecule has 1 aliphatic heterocycles. The third-order valence-corrected chi connectivity index (χ3v) is 4.50. The Hall–Kier alpha value is -3.75. The van der Waals surface area contributed by atoms with Crippen LogP contribution < -0.4 is 10.7 Å². The molecule has 3 rings (SSSR count). The van der Waals surface area contributed by atoms with Gasteiger partial charge in [0.25, 0.3) is 11.8 Å². The number of hydrazine groups is 1. The molecule has 1 atom stereocenters. The fourth-order valence-corrected chi connectivity index (χ4v) is 2.85. The van der Waals surface area contributed by atoms with E-state index in [9.17, 15) is 19.2 Å². The number of amides is 4. The van der Waals surface area contributed by atoms with Crippen molar-refractivity contribution >= 4 is 23.8 Å². The van der Waals surface area contributed by atoms with Crippen molar-refractivity contribution in [3.63, 3.8) is 0 Å². The van der Waals surface area contributed by atoms with Crippen LogP contribution in [0.1, 0.15) is 29.3 Å². The van der Waals surface area contributed by atoms with Gasteiger partial charge in [-0.05, 0) is 37.5 Å². The number of carbonyl (C=O) groups excluding carboxylic acids is 4. The van der Waals surface area contributed by atoms with Crippen LogP contribution >= 0.6 is 0 Å². The van der Waals surface area contributed by atoms with Gasteiger partial charge in [0, 0.05) is 12.4 Å². The van der Waals surface area contributed by atoms with Gasteiger partial charge in [0.1, 0.15) is 5.54 Å². The van der Waals surface area contributed by atoms with Gasteiger partial charge < -0.3 is 10.1 Å². The second-order valence-corrected chi connectivity index (χ2v) is 6.74. The Kier molecular flexibility index (Phi) is 5.87. The van der Waals surface area contributed by atoms with Gasteiger partial charge in [-0.1, -0.05) is 30.3 Å². The predicted octanol–water partition coefficient (Wildman–Crippen LogP) is 1.21. The number of hydrogen-bond donors (Lipinski definition) is 2. The lowest BCUT2D eigenvalue weighted by molar-refractivity contribution is -0.140. The van der Waals surface area contributed by atoms with E-state index in [0.717, 1.165) is 5.56 Å². The zero-order valence-corrected chi connectivity index (χ0v) is 15.8. The van der Waals surface area contributed by atoms with Crippen LogP contribution in [0.5, 0.6) is 0 Å². The Labute approximate surface area is 167 Å². The van der Waals surface area contributed by atoms with Crippen LogP contribution in [0, 0.1) is 0 Å². The van der Waals surface area contributed by atoms with Gasteiger partial charge in [-0.3, -0.25) is 20.0 Å². The van der Waals surface area contributed by atoms with Gasteiger partial charge in [-0.2, -0.15) is 5.01 Å². The largest absolute Gasteiger partial charge is 0.452 e. The molecule has 1 aromatic carbocycles. The summed E-state index contributed by atoms with van der Waals surface area (Å²) in [4.78, 5) is 52.5. The molecule has 1 aliphatic rings. The van der Waals surface area contributed by atoms with E-state index in [4.69, 9.17) is 4.74 Å². The van der Waals surface area contributed by atoms with Crippen molar-refractivity contribution in [3.05, 3.63) is 66.0 Å². The Morgan fingerprint density at radius 3 is 2.52 bits per heavy atom. The highest BCUT2D eigenvalue weighted by Gasteiger charge is 2.48. The lowest BCUT2D eigenvalue weighted by Crippen LogP contribution is -2.50. The summed E-state index contributed by atoms with van der Waals surface area (Å²) < 4.78 is 4.88. The maximum absolute atomic E-state index is 12.7. The van der Waals surface area contributed by atoms with Gasteiger partial charge in [0.05, 0.1) is 5.56 Å². The van der Waals surface area contributed by atoms with E-state index in [0.29, 0.717) is 17.9 Å². The molecule has 2 aromatic rings. The average molecular weight is 396 g/mol. The first-order valence-corrected chi connectivity index (χ1v) is 8.96. The van der Waals surface area contributed by atoms with E-state index in [2.05, 4.69) is 15.7 Å². The molecule has 2 N–H and O–H groups in total. The molecule has 1 fully saturated rings. The van der Waals surface area contributed by atoms with Crippen molar-refractivity contribution in [1.82, 2.24) is 20.7 Å². The minimum Gasteiger partial charge on any atom is -0.452 e. The summed E-state index contributed by atoms with van der Waals surface area (Å²) >= 11 is 0. The Morgan fingerprint density at radius 1 is 1.14 bits per heavy atom. The maximum atomic E-state index is 12.7. The van der Waals surface area contributed by atoms with Gasteiger partial charge in [0.2, 0.25) is 0 Å². The topological polar surface area (TPSA) is 118 Å². The molecule has 1 aromatic heterocycles. The number of benzene rings is 1. The highest BCUT2D eigenvalue weighted by Crippen LogP contribution is 2.22. The number of rotatable bonds is 7. The lowest BCUT2D eigenvalue weighted by atomic mass is 9.93. The zero-order chi connectivity index (χ0) is 20.9. The summed E-state index contributed by atoms with van der Waals surface area (Å²) in [5.41, 5.74) is 2.30. The molecule has 0 radical (unpaired) electrons. The van der Waals surface area contributed by atoms with Gasteiger partial charge in [0.15, 0.2) is 6.61 Å². The number of imide groups is 1. The molecule has 2 heterocycles. The van der Waals surface area contributed by atoms with E-state index >= 15 is 0 Å². The normalized spacial score (nSPS) is 18.3. The van der Waals surface area contributed by atoms with E-state index in [1.807, 2.05) is 30.3 Å². The van der Waals surface area contributed by atoms with E-state index < -0.39 is 36.0 Å². The molecule has 0 aliphatic carbocycles. The lowest BCUT2D eigenvalue weighted by Gasteiger charge is -2.21. The van der Waals surface area contributed by atoms with Crippen molar-refractivity contribution < 1.29 is 23.9 Å². The summed E-state index contributed by atoms with van der Waals surface area (Å²) in [5, 5.41) is 3.22. The van der Waals surface area contributed by atoms with Crippen LogP contribution in [-0.4, -0.2) is 46.0 Å². The van der Waals surface area contributed by atoms with Crippen molar-refractivity contribution in [2.24, 2.45) is 0 Å². The SMILES string of the molecule is C[C@]1(CCc2ccccc2)NC(=O)N(NC(=O)COC(=O)c2ccncc2)C1=O. The third-order valence-electron chi connectivity index (χ3n) is 4.50. The first kappa shape index (κ1) is 20.0. The molecule has 0 saturated carbocycles. The number of aryl methyl sites for hydroxylation is 1. The molecule has 0 bridgehead atoms. The highest BCUT2D eigenvalue weighted by molar-refractivity contribution is 6.07. The number of urea groups is 1. The number of esters is 1. The molecule has 150 valence electrons. The first-order valence-electron chi connectivity index (χ1n) is 8.96. The number of nitrogens with zero attached hydrogens (tertiary/aromatic N) is 2. The fourth-order valence-electron chi connectivity index (χ4n) is 2.85. The molecular formula is C20H20N4O5. The van der Waals surface area contributed by atoms with Crippen LogP contribution in [0.4, 0.5) is 4.79 Å². The van der Waals surface area contributed by atoms with Crippen LogP contribution in [0.25, 0.3) is 0 Å². The highest BCUT2D eigenvalue weighted by atomic mass is 16.5. The summed E-state index contributed by atoms with van der Waals surface area (Å²) in [5.74, 6) is -2.09. The predicted molar refractivity (Wildman–Crippen MR) is 101 cm³/mol. The monoisotopic (exact) mass is 396 g/mol. The van der Waals surface area contributed by atoms with Crippen molar-refractivity contribution in [1.29, 1.82) is 0 Å². The standard InChI is InChI=1S/C20H20N4O5/c1-20(10-7-14-5-3-2-4-6-14)18(27)24(19(28)22-20)23-16(25)13-29-17(26)15-8-11-21-12-9-15/h2-6,8-9,11-12H,7,10,13H2,1H3,(H,22,28)(H,23,25)/t20-/m1/s1. The summed E-state index contributed by atoms with van der Waals surface area (Å²) in [6.07, 6.45) is 3.78. The molecule has 29 heavy (non-hydrogen) atoms. The number of nitrogens with one attached hydrogen (secondary N) is 2. The van der Waals surface area contributed by atoms with Gasteiger partial charge >= 0.3 is 12.0 Å². The van der Waals surface area contributed by atoms with Crippen LogP contribution in [0.2, 0.25) is 0 Å². The molecule has 0 unspecified atom stereocenters. The molecule has 9 heteroatoms. The number of ether oxygens (including phenoxy) is 1. The van der Waals surface area contributed by atoms with Crippen LogP contribution in [-0.2, 0) is 20.7 Å². The molecule has 0 spiro atoms. The van der Waals surface area contributed by atoms with E-state index in [1.165, 1.54) is 24.5 Å². The van der Waals surface area contributed by atoms with Gasteiger partial charge in [-0.15, -0.1) is 0 Å². The Bertz CT molecular complexity index is 919. The minimum absolute atomic E-state index is 0.233. The first-order chi connectivity index (χ1) is 13.9. The zero-order valence-electron chi connectivity index (χ0n) is 15.8. The maximum Gasteiger partial charge on any atom is 0.344 e. The number of aromatic nitrogens is 1. The van der Waals surface area contributed by atoms with Gasteiger partial charge in [-0.25, -0.2) is 9.59 Å². The summed E-state index contributed by atoms with van der Waals surface area (Å²) in [6.45, 7) is 0.963. The summed E-state index contributed by atoms with van der Waals surface area (Å²) in [6, 6.07) is 11.7. The second kappa shape index (κ2) is 8.51. The average Bonchev–Trinajstić information content (AvgIpc) is 2.95. The Morgan fingerprint density at radius 2 is 1.83 bits per heavy atom. The molecule has 9 nitrogen and oxygen atoms in total. The van der Waals surface area contributed by atoms with Crippen LogP contribution in [0.3, 0.4) is 0 Å². The quantitative estimate of drug-likeness (QED) is 0.537. The second-order valence-electron chi connectivity index (χ2n) is 6.74. The Balaban J connectivity index is 1.53. The minimum atomic E-state index is -1.14. The third kappa shape index (κ3) is 4.75.